The van der Waals surface area contributed by atoms with Crippen molar-refractivity contribution in [2.24, 2.45) is 5.11 Å². The van der Waals surface area contributed by atoms with E-state index >= 15 is 0 Å². The van der Waals surface area contributed by atoms with Gasteiger partial charge in [-0.3, -0.25) is 4.79 Å². The van der Waals surface area contributed by atoms with E-state index < -0.39 is 36.6 Å². The third kappa shape index (κ3) is 1.92. The molecule has 0 aromatic carbocycles. The SMILES string of the molecule is [N-]=[N+]=NC1(O)O[C@H]([C@@H](O)CO)C(O)C1=O. The van der Waals surface area contributed by atoms with E-state index in [9.17, 15) is 15.0 Å². The lowest BCUT2D eigenvalue weighted by molar-refractivity contribution is -0.206. The largest absolute Gasteiger partial charge is 0.394 e. The molecule has 0 bridgehead atoms. The third-order valence-corrected chi connectivity index (χ3v) is 1.95. The molecule has 84 valence electrons. The van der Waals surface area contributed by atoms with Crippen LogP contribution in [0, 0.1) is 0 Å². The first-order chi connectivity index (χ1) is 6.96. The van der Waals surface area contributed by atoms with Gasteiger partial charge in [-0.1, -0.05) is 0 Å². The molecule has 0 aromatic heterocycles. The van der Waals surface area contributed by atoms with Gasteiger partial charge in [-0.15, -0.1) is 0 Å². The standard InChI is InChI=1S/C6H9N3O6/c7-9-8-6(14)5(13)3(12)4(15-6)2(11)1-10/h2-4,10-12,14H,1H2/t2-,3?,4+,6?/m0/s1. The molecular weight excluding hydrogens is 210 g/mol. The lowest BCUT2D eigenvalue weighted by Crippen LogP contribution is -2.39. The smallest absolute Gasteiger partial charge is 0.311 e. The molecule has 2 unspecified atom stereocenters. The molecule has 1 saturated heterocycles. The minimum Gasteiger partial charge on any atom is -0.394 e. The Kier molecular flexibility index (Phi) is 3.25. The second kappa shape index (κ2) is 4.11. The van der Waals surface area contributed by atoms with Crippen LogP contribution in [-0.2, 0) is 9.53 Å². The molecular formula is C6H9N3O6. The number of carbonyl (C=O) groups excluding carboxylic acids is 1. The molecule has 1 aliphatic heterocycles. The van der Waals surface area contributed by atoms with Crippen molar-refractivity contribution < 1.29 is 30.0 Å². The van der Waals surface area contributed by atoms with Crippen LogP contribution in [0.1, 0.15) is 0 Å². The Morgan fingerprint density at radius 2 is 2.33 bits per heavy atom. The summed E-state index contributed by atoms with van der Waals surface area (Å²) in [6, 6.07) is 0. The molecule has 0 aromatic rings. The van der Waals surface area contributed by atoms with Crippen molar-refractivity contribution in [3.8, 4) is 0 Å². The van der Waals surface area contributed by atoms with E-state index in [1.54, 1.807) is 0 Å². The number of rotatable bonds is 3. The van der Waals surface area contributed by atoms with E-state index in [1.165, 1.54) is 0 Å². The zero-order chi connectivity index (χ0) is 11.6. The Balaban J connectivity index is 2.94. The first kappa shape index (κ1) is 11.9. The lowest BCUT2D eigenvalue weighted by atomic mass is 10.1. The molecule has 9 nitrogen and oxygen atoms in total. The van der Waals surface area contributed by atoms with Gasteiger partial charge in [-0.2, -0.15) is 0 Å². The van der Waals surface area contributed by atoms with Gasteiger partial charge in [0.1, 0.15) is 18.3 Å². The Morgan fingerprint density at radius 3 is 2.80 bits per heavy atom. The van der Waals surface area contributed by atoms with Crippen LogP contribution in [0.4, 0.5) is 0 Å². The second-order valence-corrected chi connectivity index (χ2v) is 2.94. The Labute approximate surface area is 83.1 Å². The van der Waals surface area contributed by atoms with Gasteiger partial charge in [0.15, 0.2) is 0 Å². The topological polar surface area (TPSA) is 156 Å². The van der Waals surface area contributed by atoms with E-state index in [2.05, 4.69) is 14.8 Å². The average Bonchev–Trinajstić information content (AvgIpc) is 2.43. The van der Waals surface area contributed by atoms with Crippen LogP contribution in [-0.4, -0.2) is 57.0 Å². The van der Waals surface area contributed by atoms with Crippen LogP contribution in [0.5, 0.6) is 0 Å². The molecule has 1 aliphatic rings. The van der Waals surface area contributed by atoms with Gasteiger partial charge < -0.3 is 25.2 Å². The molecule has 1 rings (SSSR count). The van der Waals surface area contributed by atoms with Gasteiger partial charge in [0.2, 0.25) is 5.78 Å². The van der Waals surface area contributed by atoms with Gasteiger partial charge in [0, 0.05) is 4.91 Å². The summed E-state index contributed by atoms with van der Waals surface area (Å²) in [7, 11) is 0. The summed E-state index contributed by atoms with van der Waals surface area (Å²) < 4.78 is 4.49. The fourth-order valence-electron chi connectivity index (χ4n) is 1.18. The number of hydrogen-bond donors (Lipinski definition) is 4. The fraction of sp³-hybridized carbons (Fsp3) is 0.833. The minimum atomic E-state index is -2.82. The lowest BCUT2D eigenvalue weighted by Gasteiger charge is -2.18. The highest BCUT2D eigenvalue weighted by Crippen LogP contribution is 2.28. The molecule has 1 fully saturated rings. The molecule has 4 atom stereocenters. The Morgan fingerprint density at radius 1 is 1.73 bits per heavy atom. The van der Waals surface area contributed by atoms with Gasteiger partial charge in [-0.05, 0) is 10.6 Å². The van der Waals surface area contributed by atoms with Crippen LogP contribution in [0.25, 0.3) is 10.4 Å². The summed E-state index contributed by atoms with van der Waals surface area (Å²) in [5.41, 5.74) is 8.05. The van der Waals surface area contributed by atoms with Crippen molar-refractivity contribution in [3.63, 3.8) is 0 Å². The molecule has 0 aliphatic carbocycles. The van der Waals surface area contributed by atoms with Crippen molar-refractivity contribution in [1.29, 1.82) is 0 Å². The van der Waals surface area contributed by atoms with Crippen molar-refractivity contribution in [2.45, 2.75) is 24.2 Å². The number of aliphatic hydroxyl groups excluding tert-OH is 3. The summed E-state index contributed by atoms with van der Waals surface area (Å²) in [6.45, 7) is -0.776. The highest BCUT2D eigenvalue weighted by atomic mass is 16.7. The van der Waals surface area contributed by atoms with Gasteiger partial charge in [-0.25, -0.2) is 0 Å². The molecule has 15 heavy (non-hydrogen) atoms. The van der Waals surface area contributed by atoms with Crippen molar-refractivity contribution >= 4 is 5.78 Å². The van der Waals surface area contributed by atoms with Gasteiger partial charge in [0.05, 0.1) is 6.61 Å². The number of nitrogens with zero attached hydrogens (tertiary/aromatic N) is 3. The van der Waals surface area contributed by atoms with E-state index in [0.717, 1.165) is 0 Å². The van der Waals surface area contributed by atoms with Gasteiger partial charge >= 0.3 is 5.91 Å². The maximum absolute atomic E-state index is 11.2. The number of hydrogen-bond acceptors (Lipinski definition) is 7. The predicted molar refractivity (Wildman–Crippen MR) is 43.1 cm³/mol. The van der Waals surface area contributed by atoms with Gasteiger partial charge in [0.25, 0.3) is 0 Å². The van der Waals surface area contributed by atoms with Crippen molar-refractivity contribution in [3.05, 3.63) is 10.4 Å². The fourth-order valence-corrected chi connectivity index (χ4v) is 1.18. The molecule has 0 amide bonds. The summed E-state index contributed by atoms with van der Waals surface area (Å²) >= 11 is 0. The molecule has 4 N–H and O–H groups in total. The number of ketones is 1. The maximum atomic E-state index is 11.2. The quantitative estimate of drug-likeness (QED) is 0.236. The minimum absolute atomic E-state index is 0.776. The van der Waals surface area contributed by atoms with E-state index in [1.807, 2.05) is 0 Å². The number of Topliss-reactive ketones (excluding diaryl/α,β-unsaturated/α-hetero) is 1. The molecule has 0 radical (unpaired) electrons. The Hall–Kier alpha value is -1.22. The normalized spacial score (nSPS) is 37.5. The third-order valence-electron chi connectivity index (χ3n) is 1.95. The zero-order valence-corrected chi connectivity index (χ0v) is 7.39. The molecule has 0 spiro atoms. The summed E-state index contributed by atoms with van der Waals surface area (Å²) in [5, 5.41) is 38.9. The highest BCUT2D eigenvalue weighted by molar-refractivity contribution is 5.91. The zero-order valence-electron chi connectivity index (χ0n) is 7.39. The molecule has 0 saturated carbocycles. The van der Waals surface area contributed by atoms with E-state index in [4.69, 9.17) is 15.7 Å². The predicted octanol–water partition coefficient (Wildman–Crippen LogP) is -2.38. The van der Waals surface area contributed by atoms with Crippen LogP contribution < -0.4 is 0 Å². The summed E-state index contributed by atoms with van der Waals surface area (Å²) in [4.78, 5) is 13.3. The first-order valence-electron chi connectivity index (χ1n) is 3.94. The van der Waals surface area contributed by atoms with E-state index in [-0.39, 0.29) is 0 Å². The maximum Gasteiger partial charge on any atom is 0.311 e. The van der Waals surface area contributed by atoms with Crippen LogP contribution in [0.15, 0.2) is 5.11 Å². The summed E-state index contributed by atoms with van der Waals surface area (Å²) in [6.07, 6.45) is -4.95. The number of aliphatic hydroxyl groups is 4. The monoisotopic (exact) mass is 219 g/mol. The highest BCUT2D eigenvalue weighted by Gasteiger charge is 2.55. The van der Waals surface area contributed by atoms with Crippen LogP contribution in [0.2, 0.25) is 0 Å². The van der Waals surface area contributed by atoms with Crippen LogP contribution >= 0.6 is 0 Å². The number of carbonyl (C=O) groups is 1. The summed E-state index contributed by atoms with van der Waals surface area (Å²) in [5.74, 6) is -4.10. The number of ether oxygens (including phenoxy) is 1. The van der Waals surface area contributed by atoms with E-state index in [0.29, 0.717) is 0 Å². The van der Waals surface area contributed by atoms with Crippen LogP contribution in [0.3, 0.4) is 0 Å². The molecule has 9 heteroatoms. The second-order valence-electron chi connectivity index (χ2n) is 2.94. The van der Waals surface area contributed by atoms with Crippen molar-refractivity contribution in [2.75, 3.05) is 6.61 Å². The molecule has 1 heterocycles. The average molecular weight is 219 g/mol. The number of azide groups is 1. The Bertz CT molecular complexity index is 316. The first-order valence-corrected chi connectivity index (χ1v) is 3.94. The van der Waals surface area contributed by atoms with Crippen molar-refractivity contribution in [1.82, 2.24) is 0 Å².